The molecular weight excluding hydrogens is 345 g/mol. The maximum absolute atomic E-state index is 12.9. The normalized spacial score (nSPS) is 10.5. The third-order valence-electron chi connectivity index (χ3n) is 4.28. The number of nitrogens with zero attached hydrogens (tertiary/aromatic N) is 1. The Kier molecular flexibility index (Phi) is 5.35. The van der Waals surface area contributed by atoms with Crippen LogP contribution in [0, 0.1) is 19.7 Å². The SMILES string of the molecule is Cc1cc(C(=O)NNC(=O)Cc2ccc(F)cc2)c(C)n1-c1ccccc1. The molecule has 0 spiro atoms. The van der Waals surface area contributed by atoms with Crippen molar-refractivity contribution < 1.29 is 14.0 Å². The number of benzene rings is 2. The van der Waals surface area contributed by atoms with Crippen molar-refractivity contribution in [2.45, 2.75) is 20.3 Å². The zero-order valence-corrected chi connectivity index (χ0v) is 15.1. The van der Waals surface area contributed by atoms with E-state index >= 15 is 0 Å². The van der Waals surface area contributed by atoms with E-state index in [1.807, 2.05) is 48.7 Å². The molecular formula is C21H20FN3O2. The Labute approximate surface area is 156 Å². The number of nitrogens with one attached hydrogen (secondary N) is 2. The van der Waals surface area contributed by atoms with Crippen LogP contribution >= 0.6 is 0 Å². The van der Waals surface area contributed by atoms with Crippen LogP contribution in [0.2, 0.25) is 0 Å². The minimum Gasteiger partial charge on any atom is -0.318 e. The molecule has 0 saturated heterocycles. The Bertz CT molecular complexity index is 963. The zero-order chi connectivity index (χ0) is 19.4. The van der Waals surface area contributed by atoms with Crippen LogP contribution in [0.15, 0.2) is 60.7 Å². The van der Waals surface area contributed by atoms with Gasteiger partial charge in [-0.05, 0) is 49.7 Å². The second-order valence-electron chi connectivity index (χ2n) is 6.26. The molecule has 0 aliphatic carbocycles. The highest BCUT2D eigenvalue weighted by atomic mass is 19.1. The molecule has 5 nitrogen and oxygen atoms in total. The number of amides is 2. The summed E-state index contributed by atoms with van der Waals surface area (Å²) in [5.41, 5.74) is 8.64. The number of hydrazine groups is 1. The molecule has 0 radical (unpaired) electrons. The lowest BCUT2D eigenvalue weighted by molar-refractivity contribution is -0.121. The fourth-order valence-electron chi connectivity index (χ4n) is 2.99. The minimum atomic E-state index is -0.391. The van der Waals surface area contributed by atoms with Crippen LogP contribution in [-0.4, -0.2) is 16.4 Å². The number of carbonyl (C=O) groups excluding carboxylic acids is 2. The van der Waals surface area contributed by atoms with E-state index in [4.69, 9.17) is 0 Å². The topological polar surface area (TPSA) is 63.1 Å². The van der Waals surface area contributed by atoms with Crippen LogP contribution in [0.1, 0.15) is 27.3 Å². The average Bonchev–Trinajstić information content (AvgIpc) is 2.96. The standard InChI is InChI=1S/C21H20FN3O2/c1-14-12-19(15(2)25(14)18-6-4-3-5-7-18)21(27)24-23-20(26)13-16-8-10-17(22)11-9-16/h3-12H,13H2,1-2H3,(H,23,26)(H,24,27). The summed E-state index contributed by atoms with van der Waals surface area (Å²) in [6, 6.07) is 17.2. The molecule has 138 valence electrons. The summed E-state index contributed by atoms with van der Waals surface area (Å²) in [6.07, 6.45) is 0.0452. The highest BCUT2D eigenvalue weighted by Gasteiger charge is 2.17. The van der Waals surface area contributed by atoms with Gasteiger partial charge in [0, 0.05) is 17.1 Å². The number of para-hydroxylation sites is 1. The molecule has 6 heteroatoms. The van der Waals surface area contributed by atoms with Crippen molar-refractivity contribution in [3.63, 3.8) is 0 Å². The highest BCUT2D eigenvalue weighted by Crippen LogP contribution is 2.20. The third-order valence-corrected chi connectivity index (χ3v) is 4.28. The van der Waals surface area contributed by atoms with E-state index in [9.17, 15) is 14.0 Å². The fraction of sp³-hybridized carbons (Fsp3) is 0.143. The van der Waals surface area contributed by atoms with Gasteiger partial charge in [0.25, 0.3) is 5.91 Å². The number of aromatic nitrogens is 1. The average molecular weight is 365 g/mol. The van der Waals surface area contributed by atoms with Crippen molar-refractivity contribution in [2.24, 2.45) is 0 Å². The molecule has 0 atom stereocenters. The minimum absolute atomic E-state index is 0.0452. The summed E-state index contributed by atoms with van der Waals surface area (Å²) in [7, 11) is 0. The van der Waals surface area contributed by atoms with E-state index in [0.717, 1.165) is 17.1 Å². The lowest BCUT2D eigenvalue weighted by Crippen LogP contribution is -2.42. The second-order valence-corrected chi connectivity index (χ2v) is 6.26. The van der Waals surface area contributed by atoms with Gasteiger partial charge >= 0.3 is 0 Å². The van der Waals surface area contributed by atoms with Crippen LogP contribution in [0.4, 0.5) is 4.39 Å². The molecule has 0 fully saturated rings. The summed E-state index contributed by atoms with van der Waals surface area (Å²) < 4.78 is 14.9. The van der Waals surface area contributed by atoms with E-state index in [1.165, 1.54) is 24.3 Å². The Morgan fingerprint density at radius 1 is 0.963 bits per heavy atom. The molecule has 2 aromatic carbocycles. The molecule has 2 N–H and O–H groups in total. The van der Waals surface area contributed by atoms with Crippen molar-refractivity contribution in [2.75, 3.05) is 0 Å². The van der Waals surface area contributed by atoms with E-state index in [-0.39, 0.29) is 18.1 Å². The first-order chi connectivity index (χ1) is 13.0. The molecule has 0 aliphatic rings. The largest absolute Gasteiger partial charge is 0.318 e. The molecule has 3 aromatic rings. The molecule has 0 aliphatic heterocycles. The first kappa shape index (κ1) is 18.4. The number of carbonyl (C=O) groups is 2. The Hall–Kier alpha value is -3.41. The summed E-state index contributed by atoms with van der Waals surface area (Å²) >= 11 is 0. The number of hydrogen-bond donors (Lipinski definition) is 2. The fourth-order valence-corrected chi connectivity index (χ4v) is 2.99. The summed E-state index contributed by atoms with van der Waals surface area (Å²) in [4.78, 5) is 24.5. The predicted molar refractivity (Wildman–Crippen MR) is 101 cm³/mol. The van der Waals surface area contributed by atoms with E-state index in [2.05, 4.69) is 10.9 Å². The van der Waals surface area contributed by atoms with E-state index in [1.54, 1.807) is 6.07 Å². The molecule has 27 heavy (non-hydrogen) atoms. The lowest BCUT2D eigenvalue weighted by Gasteiger charge is -2.10. The van der Waals surface area contributed by atoms with Gasteiger partial charge in [0.15, 0.2) is 0 Å². The third kappa shape index (κ3) is 4.23. The quantitative estimate of drug-likeness (QED) is 0.697. The van der Waals surface area contributed by atoms with Gasteiger partial charge in [0.1, 0.15) is 5.82 Å². The monoisotopic (exact) mass is 365 g/mol. The van der Waals surface area contributed by atoms with Crippen molar-refractivity contribution in [1.29, 1.82) is 0 Å². The predicted octanol–water partition coefficient (Wildman–Crippen LogP) is 3.24. The lowest BCUT2D eigenvalue weighted by atomic mass is 10.1. The Morgan fingerprint density at radius 3 is 2.30 bits per heavy atom. The molecule has 3 rings (SSSR count). The van der Waals surface area contributed by atoms with Crippen LogP contribution in [0.25, 0.3) is 5.69 Å². The highest BCUT2D eigenvalue weighted by molar-refractivity contribution is 5.97. The number of hydrogen-bond acceptors (Lipinski definition) is 2. The van der Waals surface area contributed by atoms with Crippen LogP contribution in [-0.2, 0) is 11.2 Å². The van der Waals surface area contributed by atoms with Gasteiger partial charge in [-0.15, -0.1) is 0 Å². The van der Waals surface area contributed by atoms with Crippen LogP contribution in [0.3, 0.4) is 0 Å². The zero-order valence-electron chi connectivity index (χ0n) is 15.1. The summed E-state index contributed by atoms with van der Waals surface area (Å²) in [5.74, 6) is -1.13. The molecule has 0 unspecified atom stereocenters. The van der Waals surface area contributed by atoms with E-state index < -0.39 is 5.91 Å². The van der Waals surface area contributed by atoms with Gasteiger partial charge in [0.05, 0.1) is 12.0 Å². The number of aryl methyl sites for hydroxylation is 1. The second kappa shape index (κ2) is 7.86. The van der Waals surface area contributed by atoms with Crippen molar-refractivity contribution in [1.82, 2.24) is 15.4 Å². The van der Waals surface area contributed by atoms with Gasteiger partial charge < -0.3 is 4.57 Å². The maximum atomic E-state index is 12.9. The van der Waals surface area contributed by atoms with Gasteiger partial charge in [-0.2, -0.15) is 0 Å². The first-order valence-electron chi connectivity index (χ1n) is 8.53. The van der Waals surface area contributed by atoms with Crippen LogP contribution < -0.4 is 10.9 Å². The molecule has 0 bridgehead atoms. The summed E-state index contributed by atoms with van der Waals surface area (Å²) in [6.45, 7) is 3.78. The molecule has 1 heterocycles. The summed E-state index contributed by atoms with van der Waals surface area (Å²) in [5, 5.41) is 0. The van der Waals surface area contributed by atoms with E-state index in [0.29, 0.717) is 11.1 Å². The van der Waals surface area contributed by atoms with Crippen molar-refractivity contribution in [3.8, 4) is 5.69 Å². The van der Waals surface area contributed by atoms with Crippen molar-refractivity contribution in [3.05, 3.63) is 89.0 Å². The van der Waals surface area contributed by atoms with Gasteiger partial charge in [-0.25, -0.2) is 4.39 Å². The van der Waals surface area contributed by atoms with Gasteiger partial charge in [-0.3, -0.25) is 20.4 Å². The number of rotatable bonds is 4. The first-order valence-corrected chi connectivity index (χ1v) is 8.53. The molecule has 2 amide bonds. The van der Waals surface area contributed by atoms with Crippen LogP contribution in [0.5, 0.6) is 0 Å². The molecule has 1 aromatic heterocycles. The Morgan fingerprint density at radius 2 is 1.63 bits per heavy atom. The van der Waals surface area contributed by atoms with Gasteiger partial charge in [0.2, 0.25) is 5.91 Å². The Balaban J connectivity index is 1.66. The van der Waals surface area contributed by atoms with Gasteiger partial charge in [-0.1, -0.05) is 30.3 Å². The smallest absolute Gasteiger partial charge is 0.271 e. The maximum Gasteiger partial charge on any atom is 0.271 e. The van der Waals surface area contributed by atoms with Crippen molar-refractivity contribution >= 4 is 11.8 Å². The molecule has 0 saturated carbocycles. The number of halogens is 1.